The molecule has 0 spiro atoms. The Labute approximate surface area is 149 Å². The van der Waals surface area contributed by atoms with E-state index in [1.54, 1.807) is 23.5 Å². The van der Waals surface area contributed by atoms with Crippen molar-refractivity contribution < 1.29 is 14.5 Å². The molecule has 132 valence electrons. The monoisotopic (exact) mass is 361 g/mol. The van der Waals surface area contributed by atoms with Gasteiger partial charge in [-0.15, -0.1) is 11.3 Å². The molecule has 0 bridgehead atoms. The summed E-state index contributed by atoms with van der Waals surface area (Å²) in [7, 11) is 0. The summed E-state index contributed by atoms with van der Waals surface area (Å²) >= 11 is 1.64. The number of amides is 1. The van der Waals surface area contributed by atoms with Crippen LogP contribution in [0.4, 0.5) is 5.69 Å². The number of carbonyl (C=O) groups is 1. The average Bonchev–Trinajstić information content (AvgIpc) is 3.17. The molecule has 2 heterocycles. The second-order valence-corrected chi connectivity index (χ2v) is 6.64. The summed E-state index contributed by atoms with van der Waals surface area (Å²) in [6.45, 7) is 3.32. The number of nitrogens with zero attached hydrogens (tertiary/aromatic N) is 2. The zero-order chi connectivity index (χ0) is 17.6. The molecule has 0 aliphatic carbocycles. The molecule has 3 rings (SSSR count). The van der Waals surface area contributed by atoms with Crippen molar-refractivity contribution >= 4 is 22.9 Å². The lowest BCUT2D eigenvalue weighted by Gasteiger charge is -2.34. The summed E-state index contributed by atoms with van der Waals surface area (Å²) < 4.78 is 5.40. The number of thiophene rings is 1. The molecule has 0 saturated carbocycles. The first kappa shape index (κ1) is 17.5. The van der Waals surface area contributed by atoms with E-state index >= 15 is 0 Å². The average molecular weight is 361 g/mol. The molecule has 1 saturated heterocycles. The molecule has 8 heteroatoms. The largest absolute Gasteiger partial charge is 0.379 e. The molecule has 25 heavy (non-hydrogen) atoms. The van der Waals surface area contributed by atoms with E-state index in [1.165, 1.54) is 12.1 Å². The Morgan fingerprint density at radius 2 is 2.04 bits per heavy atom. The third-order valence-corrected chi connectivity index (χ3v) is 5.13. The number of para-hydroxylation sites is 1. The van der Waals surface area contributed by atoms with Crippen molar-refractivity contribution in [2.24, 2.45) is 0 Å². The third-order valence-electron chi connectivity index (χ3n) is 4.16. The summed E-state index contributed by atoms with van der Waals surface area (Å²) in [5, 5.41) is 16.0. The maximum atomic E-state index is 12.5. The number of ether oxygens (including phenoxy) is 1. The number of nitro groups is 1. The van der Waals surface area contributed by atoms with Crippen LogP contribution in [-0.2, 0) is 4.74 Å². The second kappa shape index (κ2) is 8.19. The van der Waals surface area contributed by atoms with Crippen molar-refractivity contribution in [3.05, 3.63) is 62.3 Å². The zero-order valence-electron chi connectivity index (χ0n) is 13.6. The maximum absolute atomic E-state index is 12.5. The normalized spacial score (nSPS) is 16.3. The van der Waals surface area contributed by atoms with E-state index in [2.05, 4.69) is 10.2 Å². The molecule has 1 fully saturated rings. The van der Waals surface area contributed by atoms with E-state index < -0.39 is 10.8 Å². The maximum Gasteiger partial charge on any atom is 0.282 e. The molecule has 1 aliphatic heterocycles. The predicted octanol–water partition coefficient (Wildman–Crippen LogP) is 2.46. The lowest BCUT2D eigenvalue weighted by atomic mass is 10.1. The highest BCUT2D eigenvalue weighted by atomic mass is 32.1. The molecule has 1 N–H and O–H groups in total. The Balaban J connectivity index is 1.73. The minimum Gasteiger partial charge on any atom is -0.379 e. The Kier molecular flexibility index (Phi) is 5.75. The summed E-state index contributed by atoms with van der Waals surface area (Å²) in [6.07, 6.45) is 0. The van der Waals surface area contributed by atoms with E-state index in [0.717, 1.165) is 18.0 Å². The minimum atomic E-state index is -0.534. The van der Waals surface area contributed by atoms with Gasteiger partial charge in [0.25, 0.3) is 11.6 Å². The molecule has 1 amide bonds. The number of carbonyl (C=O) groups excluding carboxylic acids is 1. The van der Waals surface area contributed by atoms with Gasteiger partial charge >= 0.3 is 0 Å². The first-order valence-corrected chi connectivity index (χ1v) is 8.91. The summed E-state index contributed by atoms with van der Waals surface area (Å²) in [4.78, 5) is 26.5. The zero-order valence-corrected chi connectivity index (χ0v) is 14.4. The summed E-state index contributed by atoms with van der Waals surface area (Å²) in [6, 6.07) is 10.1. The summed E-state index contributed by atoms with van der Waals surface area (Å²) in [5.74, 6) is -0.429. The van der Waals surface area contributed by atoms with Crippen molar-refractivity contribution in [3.63, 3.8) is 0 Å². The standard InChI is InChI=1S/C17H19N3O4S/c21-17(13-4-1-2-5-14(13)20(22)23)18-12-15(16-6-3-11-25-16)19-7-9-24-10-8-19/h1-6,11,15H,7-10,12H2,(H,18,21). The van der Waals surface area contributed by atoms with Crippen LogP contribution in [0.3, 0.4) is 0 Å². The Hall–Kier alpha value is -2.29. The van der Waals surface area contributed by atoms with Crippen LogP contribution < -0.4 is 5.32 Å². The van der Waals surface area contributed by atoms with Crippen LogP contribution in [0.5, 0.6) is 0 Å². The van der Waals surface area contributed by atoms with Crippen molar-refractivity contribution in [1.82, 2.24) is 10.2 Å². The predicted molar refractivity (Wildman–Crippen MR) is 94.9 cm³/mol. The number of benzene rings is 1. The number of hydrogen-bond acceptors (Lipinski definition) is 6. The molecule has 1 aliphatic rings. The number of nitrogens with one attached hydrogen (secondary N) is 1. The van der Waals surface area contributed by atoms with Crippen LogP contribution in [0, 0.1) is 10.1 Å². The van der Waals surface area contributed by atoms with E-state index in [9.17, 15) is 14.9 Å². The Morgan fingerprint density at radius 3 is 2.72 bits per heavy atom. The van der Waals surface area contributed by atoms with Crippen LogP contribution in [0.25, 0.3) is 0 Å². The van der Waals surface area contributed by atoms with Gasteiger partial charge in [0, 0.05) is 30.6 Å². The van der Waals surface area contributed by atoms with E-state index in [1.807, 2.05) is 17.5 Å². The van der Waals surface area contributed by atoms with Gasteiger partial charge in [-0.3, -0.25) is 19.8 Å². The fourth-order valence-corrected chi connectivity index (χ4v) is 3.75. The third kappa shape index (κ3) is 4.22. The summed E-state index contributed by atoms with van der Waals surface area (Å²) in [5.41, 5.74) is -0.0987. The van der Waals surface area contributed by atoms with Gasteiger partial charge in [-0.1, -0.05) is 18.2 Å². The highest BCUT2D eigenvalue weighted by Crippen LogP contribution is 2.26. The van der Waals surface area contributed by atoms with Gasteiger partial charge in [-0.05, 0) is 17.5 Å². The molecule has 1 aromatic carbocycles. The Morgan fingerprint density at radius 1 is 1.28 bits per heavy atom. The highest BCUT2D eigenvalue weighted by Gasteiger charge is 2.25. The van der Waals surface area contributed by atoms with Gasteiger partial charge < -0.3 is 10.1 Å². The number of morpholine rings is 1. The first-order chi connectivity index (χ1) is 12.2. The highest BCUT2D eigenvalue weighted by molar-refractivity contribution is 7.10. The van der Waals surface area contributed by atoms with Gasteiger partial charge in [-0.2, -0.15) is 0 Å². The molecule has 1 aromatic heterocycles. The van der Waals surface area contributed by atoms with Crippen molar-refractivity contribution in [1.29, 1.82) is 0 Å². The molecule has 1 unspecified atom stereocenters. The molecule has 1 atom stereocenters. The quantitative estimate of drug-likeness (QED) is 0.631. The fraction of sp³-hybridized carbons (Fsp3) is 0.353. The SMILES string of the molecule is O=C(NCC(c1cccs1)N1CCOCC1)c1ccccc1[N+](=O)[O-]. The molecule has 2 aromatic rings. The van der Waals surface area contributed by atoms with E-state index in [0.29, 0.717) is 19.8 Å². The molecular weight excluding hydrogens is 342 g/mol. The molecular formula is C17H19N3O4S. The lowest BCUT2D eigenvalue weighted by molar-refractivity contribution is -0.385. The van der Waals surface area contributed by atoms with Crippen LogP contribution in [0.15, 0.2) is 41.8 Å². The van der Waals surface area contributed by atoms with E-state index in [4.69, 9.17) is 4.74 Å². The Bertz CT molecular complexity index is 729. The first-order valence-electron chi connectivity index (χ1n) is 8.03. The minimum absolute atomic E-state index is 0.0376. The topological polar surface area (TPSA) is 84.7 Å². The van der Waals surface area contributed by atoms with Gasteiger partial charge in [-0.25, -0.2) is 0 Å². The smallest absolute Gasteiger partial charge is 0.282 e. The number of rotatable bonds is 6. The molecule has 7 nitrogen and oxygen atoms in total. The van der Waals surface area contributed by atoms with Crippen LogP contribution in [0.2, 0.25) is 0 Å². The van der Waals surface area contributed by atoms with Crippen LogP contribution in [-0.4, -0.2) is 48.6 Å². The lowest BCUT2D eigenvalue weighted by Crippen LogP contribution is -2.43. The van der Waals surface area contributed by atoms with Gasteiger partial charge in [0.2, 0.25) is 0 Å². The number of nitro benzene ring substituents is 1. The van der Waals surface area contributed by atoms with Gasteiger partial charge in [0.1, 0.15) is 5.56 Å². The fourth-order valence-electron chi connectivity index (χ4n) is 2.89. The van der Waals surface area contributed by atoms with Crippen LogP contribution in [0.1, 0.15) is 21.3 Å². The van der Waals surface area contributed by atoms with Crippen LogP contribution >= 0.6 is 11.3 Å². The second-order valence-electron chi connectivity index (χ2n) is 5.66. The van der Waals surface area contributed by atoms with Crippen molar-refractivity contribution in [2.45, 2.75) is 6.04 Å². The van der Waals surface area contributed by atoms with Gasteiger partial charge in [0.15, 0.2) is 0 Å². The number of hydrogen-bond donors (Lipinski definition) is 1. The molecule has 0 radical (unpaired) electrons. The van der Waals surface area contributed by atoms with Crippen molar-refractivity contribution in [2.75, 3.05) is 32.8 Å². The van der Waals surface area contributed by atoms with Gasteiger partial charge in [0.05, 0.1) is 24.2 Å². The van der Waals surface area contributed by atoms with Crippen molar-refractivity contribution in [3.8, 4) is 0 Å². The van der Waals surface area contributed by atoms with E-state index in [-0.39, 0.29) is 17.3 Å².